The van der Waals surface area contributed by atoms with Gasteiger partial charge in [0, 0.05) is 0 Å². The number of ether oxygens (including phenoxy) is 1. The Bertz CT molecular complexity index is 332. The summed E-state index contributed by atoms with van der Waals surface area (Å²) < 4.78 is 5.91. The number of nitrogens with zero attached hydrogens (tertiary/aromatic N) is 3. The van der Waals surface area contributed by atoms with Crippen LogP contribution in [0.1, 0.15) is 10.6 Å². The molecular formula is C8H11N3O3. The average molecular weight is 197 g/mol. The van der Waals surface area contributed by atoms with Gasteiger partial charge in [0.2, 0.25) is 0 Å². The molecule has 0 saturated carbocycles. The molecule has 14 heavy (non-hydrogen) atoms. The molecule has 0 fully saturated rings. The van der Waals surface area contributed by atoms with Crippen molar-refractivity contribution in [2.45, 2.75) is 6.54 Å². The first kappa shape index (κ1) is 10.4. The topological polar surface area (TPSA) is 77.2 Å². The first-order valence-corrected chi connectivity index (χ1v) is 4.01. The molecule has 1 N–H and O–H groups in total. The van der Waals surface area contributed by atoms with Crippen molar-refractivity contribution in [1.29, 1.82) is 0 Å². The number of esters is 1. The summed E-state index contributed by atoms with van der Waals surface area (Å²) in [5.41, 5.74) is 0. The zero-order valence-electron chi connectivity index (χ0n) is 7.75. The monoisotopic (exact) mass is 197 g/mol. The van der Waals surface area contributed by atoms with E-state index in [-0.39, 0.29) is 12.4 Å². The number of carbonyl (C=O) groups excluding carboxylic acids is 1. The van der Waals surface area contributed by atoms with Crippen molar-refractivity contribution in [2.24, 2.45) is 0 Å². The first-order valence-electron chi connectivity index (χ1n) is 4.01. The number of aromatic nitrogens is 3. The lowest BCUT2D eigenvalue weighted by Crippen LogP contribution is -2.05. The largest absolute Gasteiger partial charge is 0.463 e. The van der Waals surface area contributed by atoms with Gasteiger partial charge in [-0.15, -0.1) is 5.10 Å². The van der Waals surface area contributed by atoms with E-state index >= 15 is 0 Å². The molecule has 6 nitrogen and oxygen atoms in total. The lowest BCUT2D eigenvalue weighted by atomic mass is 10.5. The molecule has 0 aliphatic carbocycles. The molecule has 0 aromatic carbocycles. The molecule has 0 bridgehead atoms. The van der Waals surface area contributed by atoms with Crippen LogP contribution in [0.2, 0.25) is 0 Å². The van der Waals surface area contributed by atoms with Crippen LogP contribution >= 0.6 is 0 Å². The van der Waals surface area contributed by atoms with Crippen LogP contribution in [0.15, 0.2) is 18.5 Å². The standard InChI is InChI=1S/C8H11N3O3/c1-14-8(13)7-9-6-11(10-7)4-2-3-5-12/h2-3,6,12H,4-5H2,1H3/b3-2-. The summed E-state index contributed by atoms with van der Waals surface area (Å²) in [4.78, 5) is 14.7. The Hall–Kier alpha value is -1.69. The minimum atomic E-state index is -0.560. The van der Waals surface area contributed by atoms with Gasteiger partial charge in [0.25, 0.3) is 5.82 Å². The maximum Gasteiger partial charge on any atom is 0.377 e. The molecule has 1 rings (SSSR count). The Kier molecular flexibility index (Phi) is 3.81. The van der Waals surface area contributed by atoms with Gasteiger partial charge in [0.15, 0.2) is 0 Å². The quantitative estimate of drug-likeness (QED) is 0.525. The summed E-state index contributed by atoms with van der Waals surface area (Å²) in [6, 6.07) is 0. The van der Waals surface area contributed by atoms with E-state index in [2.05, 4.69) is 14.8 Å². The van der Waals surface area contributed by atoms with Gasteiger partial charge in [0.1, 0.15) is 6.33 Å². The lowest BCUT2D eigenvalue weighted by molar-refractivity contribution is 0.0586. The van der Waals surface area contributed by atoms with Crippen molar-refractivity contribution in [2.75, 3.05) is 13.7 Å². The highest BCUT2D eigenvalue weighted by atomic mass is 16.5. The predicted molar refractivity (Wildman–Crippen MR) is 47.6 cm³/mol. The predicted octanol–water partition coefficient (Wildman–Crippen LogP) is -0.387. The molecule has 0 aliphatic rings. The molecule has 0 spiro atoms. The number of allylic oxidation sites excluding steroid dienone is 1. The molecule has 0 amide bonds. The van der Waals surface area contributed by atoms with Crippen molar-refractivity contribution in [3.8, 4) is 0 Å². The summed E-state index contributed by atoms with van der Waals surface area (Å²) in [6.45, 7) is 0.448. The maximum absolute atomic E-state index is 10.9. The van der Waals surface area contributed by atoms with Gasteiger partial charge in [-0.3, -0.25) is 0 Å². The highest BCUT2D eigenvalue weighted by Gasteiger charge is 2.09. The van der Waals surface area contributed by atoms with E-state index in [4.69, 9.17) is 5.11 Å². The van der Waals surface area contributed by atoms with E-state index in [0.717, 1.165) is 0 Å². The van der Waals surface area contributed by atoms with E-state index in [9.17, 15) is 4.79 Å². The van der Waals surface area contributed by atoms with Crippen LogP contribution < -0.4 is 0 Å². The van der Waals surface area contributed by atoms with Gasteiger partial charge >= 0.3 is 5.97 Å². The molecule has 1 aromatic rings. The van der Waals surface area contributed by atoms with Gasteiger partial charge in [-0.25, -0.2) is 14.5 Å². The van der Waals surface area contributed by atoms with E-state index < -0.39 is 5.97 Å². The number of carbonyl (C=O) groups is 1. The fourth-order valence-corrected chi connectivity index (χ4v) is 0.824. The second-order valence-corrected chi connectivity index (χ2v) is 2.44. The average Bonchev–Trinajstić information content (AvgIpc) is 2.66. The van der Waals surface area contributed by atoms with Crippen molar-refractivity contribution in [1.82, 2.24) is 14.8 Å². The number of hydrogen-bond acceptors (Lipinski definition) is 5. The Labute approximate surface area is 80.8 Å². The molecule has 1 heterocycles. The number of hydrogen-bond donors (Lipinski definition) is 1. The fourth-order valence-electron chi connectivity index (χ4n) is 0.824. The van der Waals surface area contributed by atoms with Gasteiger partial charge in [-0.05, 0) is 0 Å². The van der Waals surface area contributed by atoms with Crippen LogP contribution in [0, 0.1) is 0 Å². The molecule has 0 radical (unpaired) electrons. The molecule has 0 saturated heterocycles. The van der Waals surface area contributed by atoms with E-state index in [1.807, 2.05) is 0 Å². The summed E-state index contributed by atoms with van der Waals surface area (Å²) in [6.07, 6.45) is 4.73. The molecule has 1 aromatic heterocycles. The first-order chi connectivity index (χ1) is 6.77. The molecule has 76 valence electrons. The Morgan fingerprint density at radius 1 is 1.71 bits per heavy atom. The SMILES string of the molecule is COC(=O)c1ncn(C/C=C\CO)n1. The minimum Gasteiger partial charge on any atom is -0.463 e. The van der Waals surface area contributed by atoms with Crippen LogP contribution in [-0.4, -0.2) is 39.6 Å². The highest BCUT2D eigenvalue weighted by molar-refractivity contribution is 5.84. The summed E-state index contributed by atoms with van der Waals surface area (Å²) >= 11 is 0. The van der Waals surface area contributed by atoms with E-state index in [1.54, 1.807) is 12.2 Å². The van der Waals surface area contributed by atoms with Gasteiger partial charge in [0.05, 0.1) is 20.3 Å². The third-order valence-electron chi connectivity index (χ3n) is 1.47. The number of methoxy groups -OCH3 is 1. The second kappa shape index (κ2) is 5.13. The third-order valence-corrected chi connectivity index (χ3v) is 1.47. The van der Waals surface area contributed by atoms with Crippen molar-refractivity contribution in [3.05, 3.63) is 24.3 Å². The second-order valence-electron chi connectivity index (χ2n) is 2.44. The van der Waals surface area contributed by atoms with Crippen LogP contribution in [0.3, 0.4) is 0 Å². The zero-order chi connectivity index (χ0) is 10.4. The van der Waals surface area contributed by atoms with Crippen LogP contribution in [0.25, 0.3) is 0 Å². The van der Waals surface area contributed by atoms with Crippen LogP contribution in [-0.2, 0) is 11.3 Å². The van der Waals surface area contributed by atoms with Gasteiger partial charge in [-0.2, -0.15) is 0 Å². The van der Waals surface area contributed by atoms with Crippen LogP contribution in [0.5, 0.6) is 0 Å². The zero-order valence-corrected chi connectivity index (χ0v) is 7.75. The lowest BCUT2D eigenvalue weighted by Gasteiger charge is -1.92. The maximum atomic E-state index is 10.9. The van der Waals surface area contributed by atoms with Gasteiger partial charge < -0.3 is 9.84 Å². The Morgan fingerprint density at radius 2 is 2.50 bits per heavy atom. The van der Waals surface area contributed by atoms with Crippen LogP contribution in [0.4, 0.5) is 0 Å². The molecule has 0 unspecified atom stereocenters. The Balaban J connectivity index is 2.59. The molecule has 0 atom stereocenters. The van der Waals surface area contributed by atoms with Crippen molar-refractivity contribution >= 4 is 5.97 Å². The third kappa shape index (κ3) is 2.67. The van der Waals surface area contributed by atoms with Crippen molar-refractivity contribution in [3.63, 3.8) is 0 Å². The van der Waals surface area contributed by atoms with E-state index in [1.165, 1.54) is 18.1 Å². The normalized spacial score (nSPS) is 10.7. The smallest absolute Gasteiger partial charge is 0.377 e. The van der Waals surface area contributed by atoms with Gasteiger partial charge in [-0.1, -0.05) is 12.2 Å². The molecule has 6 heteroatoms. The number of aliphatic hydroxyl groups excluding tert-OH is 1. The van der Waals surface area contributed by atoms with Crippen molar-refractivity contribution < 1.29 is 14.6 Å². The Morgan fingerprint density at radius 3 is 3.14 bits per heavy atom. The highest BCUT2D eigenvalue weighted by Crippen LogP contribution is 1.92. The summed E-state index contributed by atoms with van der Waals surface area (Å²) in [5.74, 6) is -0.528. The summed E-state index contributed by atoms with van der Waals surface area (Å²) in [7, 11) is 1.27. The fraction of sp³-hybridized carbons (Fsp3) is 0.375. The summed E-state index contributed by atoms with van der Waals surface area (Å²) in [5, 5.41) is 12.3. The molecular weight excluding hydrogens is 186 g/mol. The molecule has 0 aliphatic heterocycles. The minimum absolute atomic E-state index is 0.0153. The number of rotatable bonds is 4. The number of aliphatic hydroxyl groups is 1. The van der Waals surface area contributed by atoms with E-state index in [0.29, 0.717) is 6.54 Å².